The van der Waals surface area contributed by atoms with Crippen LogP contribution in [-0.4, -0.2) is 0 Å². The highest BCUT2D eigenvalue weighted by atomic mass is 16.4. The van der Waals surface area contributed by atoms with E-state index in [0.29, 0.717) is 17.7 Å². The molecule has 0 aliphatic heterocycles. The summed E-state index contributed by atoms with van der Waals surface area (Å²) in [5.74, 6) is 0.612. The summed E-state index contributed by atoms with van der Waals surface area (Å²) < 4.78 is 5.32. The van der Waals surface area contributed by atoms with Gasteiger partial charge in [-0.05, 0) is 25.0 Å². The second-order valence-electron chi connectivity index (χ2n) is 3.92. The second-order valence-corrected chi connectivity index (χ2v) is 3.92. The summed E-state index contributed by atoms with van der Waals surface area (Å²) in [6, 6.07) is 11.5. The van der Waals surface area contributed by atoms with Crippen LogP contribution in [0.2, 0.25) is 0 Å². The van der Waals surface area contributed by atoms with Crippen molar-refractivity contribution in [3.63, 3.8) is 0 Å². The fourth-order valence-corrected chi connectivity index (χ4v) is 1.77. The summed E-state index contributed by atoms with van der Waals surface area (Å²) in [5.41, 5.74) is 2.27. The van der Waals surface area contributed by atoms with Gasteiger partial charge in [0.25, 0.3) is 0 Å². The molecule has 0 amide bonds. The van der Waals surface area contributed by atoms with Crippen molar-refractivity contribution in [1.29, 1.82) is 0 Å². The molecule has 0 N–H and O–H groups in total. The van der Waals surface area contributed by atoms with E-state index in [-0.39, 0.29) is 5.63 Å². The third-order valence-corrected chi connectivity index (χ3v) is 2.68. The van der Waals surface area contributed by atoms with Crippen molar-refractivity contribution in [2.75, 3.05) is 0 Å². The molecule has 2 aromatic rings. The Hall–Kier alpha value is -2.09. The Morgan fingerprint density at radius 1 is 1.29 bits per heavy atom. The highest BCUT2D eigenvalue weighted by Gasteiger charge is 2.08. The molecule has 0 saturated heterocycles. The zero-order valence-electron chi connectivity index (χ0n) is 9.77. The van der Waals surface area contributed by atoms with Crippen LogP contribution < -0.4 is 5.63 Å². The predicted molar refractivity (Wildman–Crippen MR) is 69.1 cm³/mol. The highest BCUT2D eigenvalue weighted by molar-refractivity contribution is 5.57. The molecule has 0 saturated carbocycles. The van der Waals surface area contributed by atoms with Crippen molar-refractivity contribution < 1.29 is 4.42 Å². The van der Waals surface area contributed by atoms with Gasteiger partial charge in [0.2, 0.25) is 0 Å². The SMILES string of the molecule is C=CCc1c(C)cc(-c2ccccc2)oc1=O. The Balaban J connectivity index is 2.53. The van der Waals surface area contributed by atoms with Gasteiger partial charge < -0.3 is 4.42 Å². The highest BCUT2D eigenvalue weighted by Crippen LogP contribution is 2.19. The molecule has 17 heavy (non-hydrogen) atoms. The Morgan fingerprint density at radius 2 is 2.00 bits per heavy atom. The van der Waals surface area contributed by atoms with E-state index < -0.39 is 0 Å². The molecule has 0 spiro atoms. The Bertz CT molecular complexity index is 580. The van der Waals surface area contributed by atoms with Crippen LogP contribution in [0.4, 0.5) is 0 Å². The molecule has 2 nitrogen and oxygen atoms in total. The summed E-state index contributed by atoms with van der Waals surface area (Å²) >= 11 is 0. The molecule has 0 aliphatic carbocycles. The van der Waals surface area contributed by atoms with Gasteiger partial charge in [-0.25, -0.2) is 4.79 Å². The second kappa shape index (κ2) is 4.83. The maximum Gasteiger partial charge on any atom is 0.340 e. The summed E-state index contributed by atoms with van der Waals surface area (Å²) in [7, 11) is 0. The van der Waals surface area contributed by atoms with E-state index in [1.54, 1.807) is 6.08 Å². The molecule has 0 unspecified atom stereocenters. The molecule has 2 heteroatoms. The zero-order valence-corrected chi connectivity index (χ0v) is 9.77. The summed E-state index contributed by atoms with van der Waals surface area (Å²) in [6.07, 6.45) is 2.25. The van der Waals surface area contributed by atoms with E-state index in [9.17, 15) is 4.79 Å². The van der Waals surface area contributed by atoms with E-state index >= 15 is 0 Å². The number of hydrogen-bond donors (Lipinski definition) is 0. The van der Waals surface area contributed by atoms with Crippen molar-refractivity contribution in [3.8, 4) is 11.3 Å². The lowest BCUT2D eigenvalue weighted by atomic mass is 10.1. The predicted octanol–water partition coefficient (Wildman–Crippen LogP) is 3.34. The van der Waals surface area contributed by atoms with Gasteiger partial charge in [0.05, 0.1) is 0 Å². The number of rotatable bonds is 3. The lowest BCUT2D eigenvalue weighted by Crippen LogP contribution is -2.09. The average molecular weight is 226 g/mol. The Labute approximate surface area is 100 Å². The van der Waals surface area contributed by atoms with Gasteiger partial charge in [-0.3, -0.25) is 0 Å². The standard InChI is InChI=1S/C15H14O2/c1-3-7-13-11(2)10-14(17-15(13)16)12-8-5-4-6-9-12/h3-6,8-10H,1,7H2,2H3. The molecule has 2 rings (SSSR count). The van der Waals surface area contributed by atoms with Crippen molar-refractivity contribution >= 4 is 0 Å². The molecule has 1 heterocycles. The van der Waals surface area contributed by atoms with Gasteiger partial charge >= 0.3 is 5.63 Å². The van der Waals surface area contributed by atoms with Crippen LogP contribution in [0, 0.1) is 6.92 Å². The van der Waals surface area contributed by atoms with E-state index in [0.717, 1.165) is 11.1 Å². The Kier molecular flexibility index (Phi) is 3.24. The molecule has 0 radical (unpaired) electrons. The van der Waals surface area contributed by atoms with Crippen molar-refractivity contribution in [1.82, 2.24) is 0 Å². The first-order valence-corrected chi connectivity index (χ1v) is 5.52. The van der Waals surface area contributed by atoms with E-state index in [1.807, 2.05) is 43.3 Å². The fourth-order valence-electron chi connectivity index (χ4n) is 1.77. The summed E-state index contributed by atoms with van der Waals surface area (Å²) in [4.78, 5) is 11.8. The lowest BCUT2D eigenvalue weighted by molar-refractivity contribution is 0.516. The molecule has 0 fully saturated rings. The fraction of sp³-hybridized carbons (Fsp3) is 0.133. The van der Waals surface area contributed by atoms with Crippen LogP contribution in [0.1, 0.15) is 11.1 Å². The van der Waals surface area contributed by atoms with Crippen LogP contribution in [0.5, 0.6) is 0 Å². The minimum atomic E-state index is -0.274. The first kappa shape index (κ1) is 11.4. The number of hydrogen-bond acceptors (Lipinski definition) is 2. The maximum absolute atomic E-state index is 11.8. The molecule has 0 bridgehead atoms. The van der Waals surface area contributed by atoms with E-state index in [4.69, 9.17) is 4.42 Å². The van der Waals surface area contributed by atoms with Gasteiger partial charge in [0.15, 0.2) is 0 Å². The first-order valence-electron chi connectivity index (χ1n) is 5.52. The van der Waals surface area contributed by atoms with E-state index in [1.165, 1.54) is 0 Å². The molecule has 0 atom stereocenters. The molecular weight excluding hydrogens is 212 g/mol. The summed E-state index contributed by atoms with van der Waals surface area (Å²) in [6.45, 7) is 5.56. The summed E-state index contributed by atoms with van der Waals surface area (Å²) in [5, 5.41) is 0. The normalized spacial score (nSPS) is 10.2. The maximum atomic E-state index is 11.8. The van der Waals surface area contributed by atoms with Gasteiger partial charge in [0.1, 0.15) is 5.76 Å². The largest absolute Gasteiger partial charge is 0.423 e. The van der Waals surface area contributed by atoms with E-state index in [2.05, 4.69) is 6.58 Å². The van der Waals surface area contributed by atoms with Gasteiger partial charge in [-0.2, -0.15) is 0 Å². The lowest BCUT2D eigenvalue weighted by Gasteiger charge is -2.05. The minimum Gasteiger partial charge on any atom is -0.423 e. The van der Waals surface area contributed by atoms with Gasteiger partial charge in [-0.1, -0.05) is 36.4 Å². The Morgan fingerprint density at radius 3 is 2.59 bits per heavy atom. The van der Waals surface area contributed by atoms with Crippen LogP contribution >= 0.6 is 0 Å². The third-order valence-electron chi connectivity index (χ3n) is 2.68. The zero-order chi connectivity index (χ0) is 12.3. The van der Waals surface area contributed by atoms with Crippen LogP contribution in [-0.2, 0) is 6.42 Å². The number of allylic oxidation sites excluding steroid dienone is 1. The minimum absolute atomic E-state index is 0.274. The van der Waals surface area contributed by atoms with Crippen LogP contribution in [0.25, 0.3) is 11.3 Å². The molecule has 1 aromatic carbocycles. The molecular formula is C15H14O2. The van der Waals surface area contributed by atoms with Gasteiger partial charge in [-0.15, -0.1) is 6.58 Å². The third kappa shape index (κ3) is 2.36. The number of aryl methyl sites for hydroxylation is 1. The first-order chi connectivity index (χ1) is 8.22. The molecule has 0 aliphatic rings. The van der Waals surface area contributed by atoms with Crippen molar-refractivity contribution in [3.05, 3.63) is 70.6 Å². The topological polar surface area (TPSA) is 30.2 Å². The van der Waals surface area contributed by atoms with Crippen molar-refractivity contribution in [2.24, 2.45) is 0 Å². The van der Waals surface area contributed by atoms with Gasteiger partial charge in [0, 0.05) is 11.1 Å². The van der Waals surface area contributed by atoms with Crippen LogP contribution in [0.15, 0.2) is 58.3 Å². The van der Waals surface area contributed by atoms with Crippen LogP contribution in [0.3, 0.4) is 0 Å². The average Bonchev–Trinajstić information content (AvgIpc) is 2.35. The smallest absolute Gasteiger partial charge is 0.340 e. The quantitative estimate of drug-likeness (QED) is 0.751. The molecule has 86 valence electrons. The van der Waals surface area contributed by atoms with Crippen molar-refractivity contribution in [2.45, 2.75) is 13.3 Å². The molecule has 1 aromatic heterocycles. The number of benzene rings is 1. The monoisotopic (exact) mass is 226 g/mol.